The van der Waals surface area contributed by atoms with Crippen LogP contribution < -0.4 is 15.4 Å². The predicted molar refractivity (Wildman–Crippen MR) is 77.7 cm³/mol. The van der Waals surface area contributed by atoms with Crippen molar-refractivity contribution in [3.8, 4) is 6.01 Å². The van der Waals surface area contributed by atoms with Gasteiger partial charge >= 0.3 is 6.01 Å². The van der Waals surface area contributed by atoms with E-state index in [0.29, 0.717) is 23.8 Å². The minimum Gasteiger partial charge on any atom is -0.461 e. The summed E-state index contributed by atoms with van der Waals surface area (Å²) in [4.78, 5) is 12.6. The van der Waals surface area contributed by atoms with Crippen molar-refractivity contribution in [3.05, 3.63) is 0 Å². The molecule has 0 bridgehead atoms. The number of hydrogen-bond acceptors (Lipinski definition) is 6. The van der Waals surface area contributed by atoms with E-state index in [0.717, 1.165) is 13.0 Å². The first kappa shape index (κ1) is 15.5. The summed E-state index contributed by atoms with van der Waals surface area (Å²) >= 11 is 0. The minimum atomic E-state index is 0.0425. The Bertz CT molecular complexity index is 381. The van der Waals surface area contributed by atoms with Crippen molar-refractivity contribution >= 4 is 11.9 Å². The Hall–Kier alpha value is -1.59. The van der Waals surface area contributed by atoms with Gasteiger partial charge in [0.05, 0.1) is 6.10 Å². The second-order valence-electron chi connectivity index (χ2n) is 5.14. The number of ether oxygens (including phenoxy) is 1. The van der Waals surface area contributed by atoms with E-state index in [2.05, 4.69) is 39.4 Å². The van der Waals surface area contributed by atoms with Gasteiger partial charge in [-0.25, -0.2) is 0 Å². The first-order valence-electron chi connectivity index (χ1n) is 6.85. The fourth-order valence-electron chi connectivity index (χ4n) is 1.52. The summed E-state index contributed by atoms with van der Waals surface area (Å²) < 4.78 is 5.50. The lowest BCUT2D eigenvalue weighted by Crippen LogP contribution is -2.13. The average Bonchev–Trinajstić information content (AvgIpc) is 2.33. The Labute approximate surface area is 115 Å². The van der Waals surface area contributed by atoms with Crippen molar-refractivity contribution in [2.45, 2.75) is 46.6 Å². The van der Waals surface area contributed by atoms with Crippen LogP contribution in [0.1, 0.15) is 40.5 Å². The number of nitrogens with one attached hydrogen (secondary N) is 2. The minimum absolute atomic E-state index is 0.0425. The van der Waals surface area contributed by atoms with E-state index in [4.69, 9.17) is 4.74 Å². The number of rotatable bonds is 8. The molecule has 0 aliphatic rings. The van der Waals surface area contributed by atoms with Gasteiger partial charge in [0.15, 0.2) is 0 Å². The summed E-state index contributed by atoms with van der Waals surface area (Å²) in [5, 5.41) is 6.11. The highest BCUT2D eigenvalue weighted by molar-refractivity contribution is 5.35. The highest BCUT2D eigenvalue weighted by Gasteiger charge is 2.07. The van der Waals surface area contributed by atoms with Crippen LogP contribution in [0.3, 0.4) is 0 Å². The van der Waals surface area contributed by atoms with E-state index in [-0.39, 0.29) is 6.10 Å². The van der Waals surface area contributed by atoms with Gasteiger partial charge in [-0.1, -0.05) is 13.8 Å². The maximum atomic E-state index is 5.50. The van der Waals surface area contributed by atoms with Gasteiger partial charge in [-0.15, -0.1) is 0 Å². The monoisotopic (exact) mass is 267 g/mol. The summed E-state index contributed by atoms with van der Waals surface area (Å²) in [5.74, 6) is 1.78. The molecule has 0 aliphatic carbocycles. The van der Waals surface area contributed by atoms with Gasteiger partial charge in [-0.2, -0.15) is 15.0 Å². The molecule has 0 saturated carbocycles. The molecule has 0 atom stereocenters. The molecule has 0 spiro atoms. The molecule has 0 unspecified atom stereocenters. The second-order valence-corrected chi connectivity index (χ2v) is 5.14. The predicted octanol–water partition coefficient (Wildman–Crippen LogP) is 2.55. The summed E-state index contributed by atoms with van der Waals surface area (Å²) in [6, 6.07) is 0.348. The van der Waals surface area contributed by atoms with Crippen molar-refractivity contribution in [1.82, 2.24) is 15.0 Å². The standard InChI is InChI=1S/C13H25N5O/c1-9(2)7-6-8-15-12-16-11(14-5)17-13(18-12)19-10(3)4/h9-10H,6-8H2,1-5H3,(H2,14,15,16,17,18). The molecule has 6 heteroatoms. The van der Waals surface area contributed by atoms with Crippen molar-refractivity contribution in [2.24, 2.45) is 5.92 Å². The average molecular weight is 267 g/mol. The van der Waals surface area contributed by atoms with Crippen LogP contribution >= 0.6 is 0 Å². The topological polar surface area (TPSA) is 72.0 Å². The van der Waals surface area contributed by atoms with Gasteiger partial charge in [-0.3, -0.25) is 0 Å². The first-order valence-corrected chi connectivity index (χ1v) is 6.85. The molecule has 0 saturated heterocycles. The van der Waals surface area contributed by atoms with Gasteiger partial charge in [0.1, 0.15) is 0 Å². The summed E-state index contributed by atoms with van der Waals surface area (Å²) in [6.07, 6.45) is 2.33. The Balaban J connectivity index is 2.60. The lowest BCUT2D eigenvalue weighted by atomic mass is 10.1. The third-order valence-corrected chi connectivity index (χ3v) is 2.42. The Morgan fingerprint density at radius 1 is 1.05 bits per heavy atom. The third kappa shape index (κ3) is 6.22. The van der Waals surface area contributed by atoms with Gasteiger partial charge in [0, 0.05) is 13.6 Å². The number of aromatic nitrogens is 3. The quantitative estimate of drug-likeness (QED) is 0.705. The summed E-state index contributed by atoms with van der Waals surface area (Å²) in [5.41, 5.74) is 0. The maximum Gasteiger partial charge on any atom is 0.323 e. The van der Waals surface area contributed by atoms with Crippen LogP contribution in [0.25, 0.3) is 0 Å². The molecule has 0 radical (unpaired) electrons. The normalized spacial score (nSPS) is 10.9. The second kappa shape index (κ2) is 7.76. The zero-order valence-electron chi connectivity index (χ0n) is 12.5. The van der Waals surface area contributed by atoms with Crippen LogP contribution in [0, 0.1) is 5.92 Å². The molecule has 1 aromatic heterocycles. The number of anilines is 2. The SMILES string of the molecule is CNc1nc(NCCCC(C)C)nc(OC(C)C)n1. The van der Waals surface area contributed by atoms with Gasteiger partial charge in [-0.05, 0) is 32.6 Å². The van der Waals surface area contributed by atoms with E-state index in [9.17, 15) is 0 Å². The highest BCUT2D eigenvalue weighted by atomic mass is 16.5. The van der Waals surface area contributed by atoms with Crippen LogP contribution in [-0.2, 0) is 0 Å². The Kier molecular flexibility index (Phi) is 6.32. The molecule has 0 aliphatic heterocycles. The van der Waals surface area contributed by atoms with Gasteiger partial charge in [0.25, 0.3) is 0 Å². The van der Waals surface area contributed by atoms with Gasteiger partial charge in [0.2, 0.25) is 11.9 Å². The zero-order chi connectivity index (χ0) is 14.3. The summed E-state index contributed by atoms with van der Waals surface area (Å²) in [6.45, 7) is 9.18. The molecule has 2 N–H and O–H groups in total. The Morgan fingerprint density at radius 3 is 2.32 bits per heavy atom. The van der Waals surface area contributed by atoms with Crippen LogP contribution in [0.15, 0.2) is 0 Å². The molecule has 0 amide bonds. The zero-order valence-corrected chi connectivity index (χ0v) is 12.5. The molecule has 19 heavy (non-hydrogen) atoms. The van der Waals surface area contributed by atoms with Crippen molar-refractivity contribution in [2.75, 3.05) is 24.2 Å². The van der Waals surface area contributed by atoms with Crippen molar-refractivity contribution in [3.63, 3.8) is 0 Å². The van der Waals surface area contributed by atoms with Crippen LogP contribution in [0.2, 0.25) is 0 Å². The smallest absolute Gasteiger partial charge is 0.323 e. The molecule has 108 valence electrons. The fourth-order valence-corrected chi connectivity index (χ4v) is 1.52. The van der Waals surface area contributed by atoms with Crippen molar-refractivity contribution < 1.29 is 4.74 Å². The van der Waals surface area contributed by atoms with Crippen LogP contribution in [-0.4, -0.2) is 34.6 Å². The van der Waals surface area contributed by atoms with E-state index in [1.807, 2.05) is 13.8 Å². The summed E-state index contributed by atoms with van der Waals surface area (Å²) in [7, 11) is 1.77. The molecular formula is C13H25N5O. The largest absolute Gasteiger partial charge is 0.461 e. The van der Waals surface area contributed by atoms with Crippen LogP contribution in [0.5, 0.6) is 6.01 Å². The molecule has 1 rings (SSSR count). The third-order valence-electron chi connectivity index (χ3n) is 2.42. The van der Waals surface area contributed by atoms with E-state index in [1.54, 1.807) is 7.05 Å². The van der Waals surface area contributed by atoms with E-state index >= 15 is 0 Å². The Morgan fingerprint density at radius 2 is 1.74 bits per heavy atom. The maximum absolute atomic E-state index is 5.50. The first-order chi connectivity index (χ1) is 9.01. The van der Waals surface area contributed by atoms with Crippen molar-refractivity contribution in [1.29, 1.82) is 0 Å². The fraction of sp³-hybridized carbons (Fsp3) is 0.769. The molecule has 0 fully saturated rings. The number of hydrogen-bond donors (Lipinski definition) is 2. The molecule has 1 heterocycles. The lowest BCUT2D eigenvalue weighted by molar-refractivity contribution is 0.222. The van der Waals surface area contributed by atoms with E-state index in [1.165, 1.54) is 6.42 Å². The number of nitrogens with zero attached hydrogens (tertiary/aromatic N) is 3. The molecular weight excluding hydrogens is 242 g/mol. The molecule has 6 nitrogen and oxygen atoms in total. The lowest BCUT2D eigenvalue weighted by Gasteiger charge is -2.11. The molecule has 1 aromatic rings. The van der Waals surface area contributed by atoms with E-state index < -0.39 is 0 Å². The van der Waals surface area contributed by atoms with Gasteiger partial charge < -0.3 is 15.4 Å². The highest BCUT2D eigenvalue weighted by Crippen LogP contribution is 2.12. The molecule has 0 aromatic carbocycles. The van der Waals surface area contributed by atoms with Crippen LogP contribution in [0.4, 0.5) is 11.9 Å².